The van der Waals surface area contributed by atoms with E-state index in [2.05, 4.69) is 5.32 Å². The maximum absolute atomic E-state index is 12.1. The Morgan fingerprint density at radius 1 is 1.37 bits per heavy atom. The fourth-order valence-corrected chi connectivity index (χ4v) is 2.22. The van der Waals surface area contributed by atoms with Crippen molar-refractivity contribution in [2.24, 2.45) is 0 Å². The molecule has 1 amide bonds. The third kappa shape index (κ3) is 3.03. The number of amides is 1. The first-order chi connectivity index (χ1) is 8.99. The van der Waals surface area contributed by atoms with Crippen LogP contribution in [0.25, 0.3) is 0 Å². The average molecular weight is 299 g/mol. The Morgan fingerprint density at radius 3 is 2.79 bits per heavy atom. The minimum absolute atomic E-state index is 0.0754. The average Bonchev–Trinajstić information content (AvgIpc) is 2.33. The molecular formula is C13H12Cl2N2O2. The number of allylic oxidation sites excluding steroid dienone is 2. The molecule has 0 heterocycles. The van der Waals surface area contributed by atoms with Crippen LogP contribution in [0.5, 0.6) is 0 Å². The van der Waals surface area contributed by atoms with E-state index >= 15 is 0 Å². The zero-order chi connectivity index (χ0) is 14.0. The van der Waals surface area contributed by atoms with E-state index in [1.807, 2.05) is 0 Å². The van der Waals surface area contributed by atoms with E-state index < -0.39 is 5.91 Å². The third-order valence-corrected chi connectivity index (χ3v) is 3.40. The quantitative estimate of drug-likeness (QED) is 0.730. The standard InChI is InChI=1S/C13H12Cl2N2O2/c14-8-5-4-7(16)6-10(8)17-13(19)12-9(15)2-1-3-11(12)18/h3-6,18H,1-2,16H2,(H,17,19). The lowest BCUT2D eigenvalue weighted by Gasteiger charge is -2.15. The molecule has 19 heavy (non-hydrogen) atoms. The van der Waals surface area contributed by atoms with Crippen LogP contribution in [0, 0.1) is 0 Å². The van der Waals surface area contributed by atoms with Crippen molar-refractivity contribution in [1.82, 2.24) is 0 Å². The fraction of sp³-hybridized carbons (Fsp3) is 0.154. The summed E-state index contributed by atoms with van der Waals surface area (Å²) in [4.78, 5) is 12.1. The second-order valence-corrected chi connectivity index (χ2v) is 4.96. The van der Waals surface area contributed by atoms with Gasteiger partial charge in [0.15, 0.2) is 0 Å². The molecule has 0 bridgehead atoms. The van der Waals surface area contributed by atoms with Crippen molar-refractivity contribution < 1.29 is 9.90 Å². The number of nitrogens with one attached hydrogen (secondary N) is 1. The first kappa shape index (κ1) is 13.8. The summed E-state index contributed by atoms with van der Waals surface area (Å²) in [5, 5.41) is 13.0. The Kier molecular flexibility index (Phi) is 4.02. The number of rotatable bonds is 2. The highest BCUT2D eigenvalue weighted by Crippen LogP contribution is 2.29. The van der Waals surface area contributed by atoms with Crippen LogP contribution < -0.4 is 11.1 Å². The normalized spacial score (nSPS) is 15.2. The SMILES string of the molecule is Nc1ccc(Cl)c(NC(=O)C2=C(Cl)CCC=C2O)c1. The van der Waals surface area contributed by atoms with E-state index in [9.17, 15) is 9.90 Å². The predicted octanol–water partition coefficient (Wildman–Crippen LogP) is 3.59. The first-order valence-electron chi connectivity index (χ1n) is 5.63. The lowest BCUT2D eigenvalue weighted by atomic mass is 10.0. The van der Waals surface area contributed by atoms with Crippen molar-refractivity contribution in [1.29, 1.82) is 0 Å². The second kappa shape index (κ2) is 5.55. The van der Waals surface area contributed by atoms with Crippen LogP contribution in [0.15, 0.2) is 40.6 Å². The molecule has 4 N–H and O–H groups in total. The summed E-state index contributed by atoms with van der Waals surface area (Å²) in [5.74, 6) is -0.625. The van der Waals surface area contributed by atoms with E-state index in [0.29, 0.717) is 34.3 Å². The molecular weight excluding hydrogens is 287 g/mol. The molecule has 1 aromatic rings. The van der Waals surface area contributed by atoms with E-state index in [-0.39, 0.29) is 11.3 Å². The molecule has 0 atom stereocenters. The smallest absolute Gasteiger partial charge is 0.260 e. The van der Waals surface area contributed by atoms with Crippen LogP contribution in [-0.2, 0) is 4.79 Å². The van der Waals surface area contributed by atoms with Crippen LogP contribution in [-0.4, -0.2) is 11.0 Å². The maximum Gasteiger partial charge on any atom is 0.260 e. The summed E-state index contributed by atoms with van der Waals surface area (Å²) in [6.45, 7) is 0. The summed E-state index contributed by atoms with van der Waals surface area (Å²) in [6, 6.07) is 4.75. The summed E-state index contributed by atoms with van der Waals surface area (Å²) >= 11 is 11.9. The van der Waals surface area contributed by atoms with E-state index in [4.69, 9.17) is 28.9 Å². The van der Waals surface area contributed by atoms with Crippen molar-refractivity contribution >= 4 is 40.5 Å². The lowest BCUT2D eigenvalue weighted by molar-refractivity contribution is -0.112. The van der Waals surface area contributed by atoms with Gasteiger partial charge in [-0.15, -0.1) is 0 Å². The molecule has 0 spiro atoms. The van der Waals surface area contributed by atoms with Gasteiger partial charge in [0, 0.05) is 10.7 Å². The van der Waals surface area contributed by atoms with Crippen LogP contribution >= 0.6 is 23.2 Å². The summed E-state index contributed by atoms with van der Waals surface area (Å²) in [6.07, 6.45) is 2.70. The van der Waals surface area contributed by atoms with Gasteiger partial charge in [0.25, 0.3) is 5.91 Å². The molecule has 1 aromatic carbocycles. The number of halogens is 2. The number of carbonyl (C=O) groups excluding carboxylic acids is 1. The largest absolute Gasteiger partial charge is 0.507 e. The number of hydrogen-bond donors (Lipinski definition) is 3. The van der Waals surface area contributed by atoms with Gasteiger partial charge >= 0.3 is 0 Å². The molecule has 0 unspecified atom stereocenters. The van der Waals surface area contributed by atoms with Crippen molar-refractivity contribution in [3.63, 3.8) is 0 Å². The highest BCUT2D eigenvalue weighted by molar-refractivity contribution is 6.35. The minimum atomic E-state index is -0.508. The van der Waals surface area contributed by atoms with Crippen LogP contribution in [0.4, 0.5) is 11.4 Å². The van der Waals surface area contributed by atoms with Crippen LogP contribution in [0.3, 0.4) is 0 Å². The van der Waals surface area contributed by atoms with Gasteiger partial charge in [-0.2, -0.15) is 0 Å². The molecule has 0 aromatic heterocycles. The van der Waals surface area contributed by atoms with Gasteiger partial charge in [-0.3, -0.25) is 4.79 Å². The first-order valence-corrected chi connectivity index (χ1v) is 6.39. The van der Waals surface area contributed by atoms with Crippen molar-refractivity contribution in [2.45, 2.75) is 12.8 Å². The molecule has 6 heteroatoms. The molecule has 0 saturated heterocycles. The van der Waals surface area contributed by atoms with E-state index in [0.717, 1.165) is 0 Å². The number of carbonyl (C=O) groups is 1. The lowest BCUT2D eigenvalue weighted by Crippen LogP contribution is -2.18. The molecule has 0 fully saturated rings. The maximum atomic E-state index is 12.1. The molecule has 0 radical (unpaired) electrons. The number of nitrogen functional groups attached to an aromatic ring is 1. The number of anilines is 2. The molecule has 1 aliphatic rings. The molecule has 2 rings (SSSR count). The van der Waals surface area contributed by atoms with Gasteiger partial charge < -0.3 is 16.2 Å². The summed E-state index contributed by atoms with van der Waals surface area (Å²) in [5.41, 5.74) is 6.55. The van der Waals surface area contributed by atoms with Crippen molar-refractivity contribution in [2.75, 3.05) is 11.1 Å². The summed E-state index contributed by atoms with van der Waals surface area (Å²) < 4.78 is 0. The van der Waals surface area contributed by atoms with Gasteiger partial charge in [0.1, 0.15) is 5.76 Å². The Hall–Kier alpha value is -1.65. The fourth-order valence-electron chi connectivity index (χ4n) is 1.76. The monoisotopic (exact) mass is 298 g/mol. The van der Waals surface area contributed by atoms with Gasteiger partial charge in [-0.05, 0) is 37.1 Å². The molecule has 1 aliphatic carbocycles. The van der Waals surface area contributed by atoms with Gasteiger partial charge in [0.2, 0.25) is 0 Å². The third-order valence-electron chi connectivity index (χ3n) is 2.69. The van der Waals surface area contributed by atoms with Crippen molar-refractivity contribution in [3.8, 4) is 0 Å². The minimum Gasteiger partial charge on any atom is -0.507 e. The van der Waals surface area contributed by atoms with E-state index in [1.54, 1.807) is 18.2 Å². The van der Waals surface area contributed by atoms with Gasteiger partial charge in [-0.25, -0.2) is 0 Å². The van der Waals surface area contributed by atoms with Crippen LogP contribution in [0.2, 0.25) is 5.02 Å². The van der Waals surface area contributed by atoms with Crippen LogP contribution in [0.1, 0.15) is 12.8 Å². The zero-order valence-electron chi connectivity index (χ0n) is 9.91. The van der Waals surface area contributed by atoms with Crippen molar-refractivity contribution in [3.05, 3.63) is 45.7 Å². The molecule has 0 aliphatic heterocycles. The number of aliphatic hydroxyl groups is 1. The molecule has 4 nitrogen and oxygen atoms in total. The number of hydrogen-bond acceptors (Lipinski definition) is 3. The molecule has 0 saturated carbocycles. The highest BCUT2D eigenvalue weighted by atomic mass is 35.5. The van der Waals surface area contributed by atoms with E-state index in [1.165, 1.54) is 6.07 Å². The Balaban J connectivity index is 2.27. The second-order valence-electron chi connectivity index (χ2n) is 4.10. The Morgan fingerprint density at radius 2 is 2.11 bits per heavy atom. The Bertz CT molecular complexity index is 594. The highest BCUT2D eigenvalue weighted by Gasteiger charge is 2.22. The zero-order valence-corrected chi connectivity index (χ0v) is 11.4. The Labute approximate surface area is 120 Å². The van der Waals surface area contributed by atoms with Gasteiger partial charge in [0.05, 0.1) is 16.3 Å². The molecule has 100 valence electrons. The number of aliphatic hydroxyl groups excluding tert-OH is 1. The topological polar surface area (TPSA) is 75.3 Å². The number of benzene rings is 1. The number of nitrogens with two attached hydrogens (primary N) is 1. The summed E-state index contributed by atoms with van der Waals surface area (Å²) in [7, 11) is 0. The predicted molar refractivity (Wildman–Crippen MR) is 77.3 cm³/mol. The van der Waals surface area contributed by atoms with Gasteiger partial charge in [-0.1, -0.05) is 23.2 Å².